The van der Waals surface area contributed by atoms with E-state index in [1.165, 1.54) is 0 Å². The first-order valence-electron chi connectivity index (χ1n) is 3.82. The fraction of sp³-hybridized carbons (Fsp3) is 0.375. The lowest BCUT2D eigenvalue weighted by atomic mass is 10.1. The van der Waals surface area contributed by atoms with Crippen LogP contribution in [0.4, 0.5) is 5.82 Å². The quantitative estimate of drug-likeness (QED) is 0.667. The third kappa shape index (κ3) is 3.18. The van der Waals surface area contributed by atoms with Crippen molar-refractivity contribution in [3.05, 3.63) is 23.9 Å². The van der Waals surface area contributed by atoms with Gasteiger partial charge >= 0.3 is 0 Å². The van der Waals surface area contributed by atoms with E-state index in [0.717, 1.165) is 5.56 Å². The molecule has 1 heterocycles. The minimum atomic E-state index is -0.219. The molecule has 1 rings (SSSR count). The monoisotopic (exact) mass is 203 g/mol. The molecule has 0 spiro atoms. The Balaban J connectivity index is 0.00000144. The Bertz CT molecular complexity index is 257. The highest BCUT2D eigenvalue weighted by Gasteiger charge is 2.08. The van der Waals surface area contributed by atoms with E-state index >= 15 is 0 Å². The van der Waals surface area contributed by atoms with Crippen molar-refractivity contribution in [1.29, 1.82) is 0 Å². The van der Waals surface area contributed by atoms with Gasteiger partial charge in [0.1, 0.15) is 5.82 Å². The second-order valence-electron chi connectivity index (χ2n) is 2.60. The smallest absolute Gasteiger partial charge is 0.128 e. The Morgan fingerprint density at radius 1 is 1.54 bits per heavy atom. The van der Waals surface area contributed by atoms with Crippen molar-refractivity contribution in [2.45, 2.75) is 12.5 Å². The molecule has 74 valence electrons. The number of hydrogen-bond donors (Lipinski definition) is 3. The number of nitrogens with zero attached hydrogens (tertiary/aromatic N) is 1. The van der Waals surface area contributed by atoms with Gasteiger partial charge in [0.05, 0.1) is 0 Å². The predicted molar refractivity (Wildman–Crippen MR) is 54.5 cm³/mol. The van der Waals surface area contributed by atoms with Crippen molar-refractivity contribution in [3.8, 4) is 0 Å². The van der Waals surface area contributed by atoms with Crippen LogP contribution in [-0.4, -0.2) is 16.7 Å². The van der Waals surface area contributed by atoms with Crippen molar-refractivity contribution in [2.24, 2.45) is 5.73 Å². The van der Waals surface area contributed by atoms with Gasteiger partial charge < -0.3 is 16.6 Å². The standard InChI is InChI=1S/C8H13N3O.ClH/c9-7(3-5-12)6-2-1-4-11-8(6)10;/h1-2,4,7,12H,3,5,9H2,(H2,10,11);1H/t7-;/m1./s1. The van der Waals surface area contributed by atoms with Crippen molar-refractivity contribution in [2.75, 3.05) is 12.3 Å². The highest BCUT2D eigenvalue weighted by molar-refractivity contribution is 5.85. The SMILES string of the molecule is Cl.Nc1ncccc1[C@H](N)CCO. The molecule has 5 N–H and O–H groups in total. The first-order chi connectivity index (χ1) is 5.75. The van der Waals surface area contributed by atoms with Crippen LogP contribution in [0.15, 0.2) is 18.3 Å². The Hall–Kier alpha value is -0.840. The summed E-state index contributed by atoms with van der Waals surface area (Å²) >= 11 is 0. The normalized spacial score (nSPS) is 11.8. The highest BCUT2D eigenvalue weighted by Crippen LogP contribution is 2.17. The fourth-order valence-corrected chi connectivity index (χ4v) is 1.04. The molecule has 5 heteroatoms. The third-order valence-electron chi connectivity index (χ3n) is 1.71. The number of halogens is 1. The van der Waals surface area contributed by atoms with Gasteiger partial charge in [-0.2, -0.15) is 0 Å². The molecule has 1 atom stereocenters. The number of nitrogen functional groups attached to an aromatic ring is 1. The van der Waals surface area contributed by atoms with E-state index in [9.17, 15) is 0 Å². The molecule has 13 heavy (non-hydrogen) atoms. The topological polar surface area (TPSA) is 85.2 Å². The zero-order valence-electron chi connectivity index (χ0n) is 7.18. The molecule has 0 saturated heterocycles. The van der Waals surface area contributed by atoms with Crippen LogP contribution in [0.3, 0.4) is 0 Å². The summed E-state index contributed by atoms with van der Waals surface area (Å²) in [6.07, 6.45) is 2.13. The summed E-state index contributed by atoms with van der Waals surface area (Å²) in [5.41, 5.74) is 12.1. The Morgan fingerprint density at radius 2 is 2.23 bits per heavy atom. The molecular formula is C8H14ClN3O. The molecule has 0 aromatic carbocycles. The van der Waals surface area contributed by atoms with E-state index in [1.807, 2.05) is 6.07 Å². The zero-order chi connectivity index (χ0) is 8.97. The maximum atomic E-state index is 8.65. The lowest BCUT2D eigenvalue weighted by Gasteiger charge is -2.11. The van der Waals surface area contributed by atoms with E-state index in [4.69, 9.17) is 16.6 Å². The first-order valence-corrected chi connectivity index (χ1v) is 3.82. The van der Waals surface area contributed by atoms with Gasteiger partial charge in [0, 0.05) is 24.4 Å². The summed E-state index contributed by atoms with van der Waals surface area (Å²) in [6, 6.07) is 3.38. The third-order valence-corrected chi connectivity index (χ3v) is 1.71. The van der Waals surface area contributed by atoms with Crippen LogP contribution < -0.4 is 11.5 Å². The number of rotatable bonds is 3. The summed E-state index contributed by atoms with van der Waals surface area (Å²) in [5, 5.41) is 8.65. The molecule has 0 saturated carbocycles. The molecule has 0 unspecified atom stereocenters. The molecule has 0 fully saturated rings. The van der Waals surface area contributed by atoms with Crippen LogP contribution in [0.1, 0.15) is 18.0 Å². The molecular weight excluding hydrogens is 190 g/mol. The number of anilines is 1. The number of hydrogen-bond acceptors (Lipinski definition) is 4. The van der Waals surface area contributed by atoms with E-state index in [2.05, 4.69) is 4.98 Å². The second kappa shape index (κ2) is 5.75. The Labute approximate surface area is 83.4 Å². The zero-order valence-corrected chi connectivity index (χ0v) is 8.00. The van der Waals surface area contributed by atoms with E-state index in [0.29, 0.717) is 12.2 Å². The van der Waals surface area contributed by atoms with Crippen LogP contribution in [0.5, 0.6) is 0 Å². The first kappa shape index (κ1) is 12.2. The highest BCUT2D eigenvalue weighted by atomic mass is 35.5. The minimum absolute atomic E-state index is 0. The Morgan fingerprint density at radius 3 is 2.77 bits per heavy atom. The number of nitrogens with two attached hydrogens (primary N) is 2. The average molecular weight is 204 g/mol. The molecule has 0 bridgehead atoms. The molecule has 0 aliphatic rings. The van der Waals surface area contributed by atoms with Crippen LogP contribution in [0.2, 0.25) is 0 Å². The number of aromatic nitrogens is 1. The largest absolute Gasteiger partial charge is 0.396 e. The van der Waals surface area contributed by atoms with Gasteiger partial charge in [0.2, 0.25) is 0 Å². The summed E-state index contributed by atoms with van der Waals surface area (Å²) in [7, 11) is 0. The second-order valence-corrected chi connectivity index (χ2v) is 2.60. The molecule has 0 amide bonds. The summed E-state index contributed by atoms with van der Waals surface area (Å²) in [6.45, 7) is 0.0650. The van der Waals surface area contributed by atoms with Gasteiger partial charge in [-0.05, 0) is 12.5 Å². The van der Waals surface area contributed by atoms with Gasteiger partial charge in [0.25, 0.3) is 0 Å². The number of pyridine rings is 1. The average Bonchev–Trinajstić information content (AvgIpc) is 2.05. The van der Waals surface area contributed by atoms with Crippen molar-refractivity contribution in [1.82, 2.24) is 4.98 Å². The molecule has 1 aromatic rings. The lowest BCUT2D eigenvalue weighted by molar-refractivity contribution is 0.276. The van der Waals surface area contributed by atoms with Crippen LogP contribution in [-0.2, 0) is 0 Å². The molecule has 0 aliphatic heterocycles. The molecule has 1 aromatic heterocycles. The maximum Gasteiger partial charge on any atom is 0.128 e. The Kier molecular flexibility index (Phi) is 5.37. The summed E-state index contributed by atoms with van der Waals surface area (Å²) in [4.78, 5) is 3.90. The number of aliphatic hydroxyl groups is 1. The molecule has 4 nitrogen and oxygen atoms in total. The van der Waals surface area contributed by atoms with Crippen LogP contribution in [0.25, 0.3) is 0 Å². The van der Waals surface area contributed by atoms with Gasteiger partial charge in [-0.1, -0.05) is 6.07 Å². The van der Waals surface area contributed by atoms with Crippen molar-refractivity contribution < 1.29 is 5.11 Å². The number of aliphatic hydroxyl groups excluding tert-OH is 1. The van der Waals surface area contributed by atoms with E-state index in [1.54, 1.807) is 12.3 Å². The van der Waals surface area contributed by atoms with Gasteiger partial charge in [-0.25, -0.2) is 4.98 Å². The fourth-order valence-electron chi connectivity index (χ4n) is 1.04. The minimum Gasteiger partial charge on any atom is -0.396 e. The van der Waals surface area contributed by atoms with E-state index < -0.39 is 0 Å². The van der Waals surface area contributed by atoms with Crippen molar-refractivity contribution >= 4 is 18.2 Å². The lowest BCUT2D eigenvalue weighted by Crippen LogP contribution is -2.14. The molecule has 0 aliphatic carbocycles. The van der Waals surface area contributed by atoms with Crippen LogP contribution >= 0.6 is 12.4 Å². The maximum absolute atomic E-state index is 8.65. The van der Waals surface area contributed by atoms with Crippen LogP contribution in [0, 0.1) is 0 Å². The van der Waals surface area contributed by atoms with Crippen molar-refractivity contribution in [3.63, 3.8) is 0 Å². The summed E-state index contributed by atoms with van der Waals surface area (Å²) in [5.74, 6) is 0.443. The van der Waals surface area contributed by atoms with Gasteiger partial charge in [0.15, 0.2) is 0 Å². The van der Waals surface area contributed by atoms with Gasteiger partial charge in [-0.3, -0.25) is 0 Å². The predicted octanol–water partition coefficient (Wildman–Crippen LogP) is 0.468. The summed E-state index contributed by atoms with van der Waals surface area (Å²) < 4.78 is 0. The van der Waals surface area contributed by atoms with E-state index in [-0.39, 0.29) is 25.1 Å². The van der Waals surface area contributed by atoms with Gasteiger partial charge in [-0.15, -0.1) is 12.4 Å². The molecule has 0 radical (unpaired) electrons.